The predicted octanol–water partition coefficient (Wildman–Crippen LogP) is 4.59. The fourth-order valence-electron chi connectivity index (χ4n) is 2.65. The number of carbonyl (C=O) groups excluding carboxylic acids is 1. The van der Waals surface area contributed by atoms with Crippen LogP contribution in [-0.4, -0.2) is 12.5 Å². The van der Waals surface area contributed by atoms with E-state index in [-0.39, 0.29) is 18.4 Å². The average molecular weight is 372 g/mol. The maximum atomic E-state index is 12.0. The standard InChI is InChI=1S/C20H18ClNO4/c1-12(2)17-10-20(24)26-18-9-15(6-7-16(17)18)25-11-19(23)22-14-5-3-4-13(21)8-14/h3-10,12H,11H2,1-2H3,(H,22,23). The van der Waals surface area contributed by atoms with Crippen LogP contribution in [0.3, 0.4) is 0 Å². The van der Waals surface area contributed by atoms with Gasteiger partial charge in [0.15, 0.2) is 6.61 Å². The number of hydrogen-bond acceptors (Lipinski definition) is 4. The largest absolute Gasteiger partial charge is 0.484 e. The van der Waals surface area contributed by atoms with E-state index in [9.17, 15) is 9.59 Å². The number of carbonyl (C=O) groups is 1. The van der Waals surface area contributed by atoms with Gasteiger partial charge in [-0.15, -0.1) is 0 Å². The molecule has 0 aliphatic carbocycles. The molecule has 5 nitrogen and oxygen atoms in total. The third-order valence-corrected chi connectivity index (χ3v) is 4.08. The summed E-state index contributed by atoms with van der Waals surface area (Å²) in [5.74, 6) is 0.324. The first-order valence-corrected chi connectivity index (χ1v) is 8.56. The Kier molecular flexibility index (Phi) is 5.28. The maximum Gasteiger partial charge on any atom is 0.336 e. The van der Waals surface area contributed by atoms with E-state index in [1.54, 1.807) is 36.4 Å². The summed E-state index contributed by atoms with van der Waals surface area (Å²) in [6.07, 6.45) is 0. The molecule has 0 spiro atoms. The molecule has 0 aliphatic rings. The Labute approximate surface area is 155 Å². The lowest BCUT2D eigenvalue weighted by atomic mass is 10.00. The summed E-state index contributed by atoms with van der Waals surface area (Å²) in [6.45, 7) is 3.85. The van der Waals surface area contributed by atoms with Crippen LogP contribution in [0, 0.1) is 0 Å². The van der Waals surface area contributed by atoms with Crippen molar-refractivity contribution < 1.29 is 13.9 Å². The molecule has 26 heavy (non-hydrogen) atoms. The Bertz CT molecular complexity index is 1010. The lowest BCUT2D eigenvalue weighted by Gasteiger charge is -2.11. The molecule has 134 valence electrons. The molecule has 1 aromatic heterocycles. The number of hydrogen-bond donors (Lipinski definition) is 1. The molecule has 1 N–H and O–H groups in total. The molecule has 0 atom stereocenters. The van der Waals surface area contributed by atoms with Gasteiger partial charge in [-0.1, -0.05) is 31.5 Å². The number of ether oxygens (including phenoxy) is 1. The molecular weight excluding hydrogens is 354 g/mol. The monoisotopic (exact) mass is 371 g/mol. The van der Waals surface area contributed by atoms with E-state index in [0.29, 0.717) is 22.0 Å². The van der Waals surface area contributed by atoms with E-state index < -0.39 is 5.63 Å². The van der Waals surface area contributed by atoms with E-state index in [0.717, 1.165) is 10.9 Å². The molecule has 0 aliphatic heterocycles. The fraction of sp³-hybridized carbons (Fsp3) is 0.200. The average Bonchev–Trinajstić information content (AvgIpc) is 2.58. The van der Waals surface area contributed by atoms with Crippen molar-refractivity contribution in [1.82, 2.24) is 0 Å². The topological polar surface area (TPSA) is 68.5 Å². The van der Waals surface area contributed by atoms with Crippen LogP contribution in [0.2, 0.25) is 5.02 Å². The molecular formula is C20H18ClNO4. The van der Waals surface area contributed by atoms with Crippen LogP contribution < -0.4 is 15.7 Å². The van der Waals surface area contributed by atoms with Gasteiger partial charge in [0.05, 0.1) is 0 Å². The van der Waals surface area contributed by atoms with Gasteiger partial charge < -0.3 is 14.5 Å². The molecule has 0 saturated carbocycles. The quantitative estimate of drug-likeness (QED) is 0.666. The zero-order chi connectivity index (χ0) is 18.7. The fourth-order valence-corrected chi connectivity index (χ4v) is 2.84. The lowest BCUT2D eigenvalue weighted by Crippen LogP contribution is -2.20. The predicted molar refractivity (Wildman–Crippen MR) is 102 cm³/mol. The number of nitrogens with one attached hydrogen (secondary N) is 1. The number of halogens is 1. The summed E-state index contributed by atoms with van der Waals surface area (Å²) in [4.78, 5) is 23.7. The van der Waals surface area contributed by atoms with Gasteiger partial charge >= 0.3 is 5.63 Å². The van der Waals surface area contributed by atoms with Crippen molar-refractivity contribution in [2.24, 2.45) is 0 Å². The van der Waals surface area contributed by atoms with Crippen molar-refractivity contribution in [2.45, 2.75) is 19.8 Å². The minimum Gasteiger partial charge on any atom is -0.484 e. The molecule has 6 heteroatoms. The van der Waals surface area contributed by atoms with Gasteiger partial charge in [-0.2, -0.15) is 0 Å². The van der Waals surface area contributed by atoms with Crippen molar-refractivity contribution in [2.75, 3.05) is 11.9 Å². The summed E-state index contributed by atoms with van der Waals surface area (Å²) < 4.78 is 10.8. The second kappa shape index (κ2) is 7.62. The highest BCUT2D eigenvalue weighted by Gasteiger charge is 2.11. The first kappa shape index (κ1) is 18.0. The Morgan fingerprint density at radius 1 is 1.19 bits per heavy atom. The highest BCUT2D eigenvalue weighted by atomic mass is 35.5. The van der Waals surface area contributed by atoms with Crippen LogP contribution in [0.5, 0.6) is 5.75 Å². The summed E-state index contributed by atoms with van der Waals surface area (Å²) >= 11 is 5.89. The van der Waals surface area contributed by atoms with Crippen LogP contribution >= 0.6 is 11.6 Å². The van der Waals surface area contributed by atoms with Crippen LogP contribution in [-0.2, 0) is 4.79 Å². The second-order valence-corrected chi connectivity index (χ2v) is 6.62. The minimum absolute atomic E-state index is 0.174. The normalized spacial score (nSPS) is 10.9. The zero-order valence-electron chi connectivity index (χ0n) is 14.4. The van der Waals surface area contributed by atoms with E-state index in [2.05, 4.69) is 5.32 Å². The van der Waals surface area contributed by atoms with Crippen molar-refractivity contribution >= 4 is 34.2 Å². The smallest absolute Gasteiger partial charge is 0.336 e. The summed E-state index contributed by atoms with van der Waals surface area (Å²) in [6, 6.07) is 13.6. The van der Waals surface area contributed by atoms with Gasteiger partial charge in [0.25, 0.3) is 5.91 Å². The Morgan fingerprint density at radius 3 is 2.73 bits per heavy atom. The van der Waals surface area contributed by atoms with Crippen LogP contribution in [0.4, 0.5) is 5.69 Å². The van der Waals surface area contributed by atoms with E-state index in [1.165, 1.54) is 6.07 Å². The van der Waals surface area contributed by atoms with Gasteiger partial charge in [0.2, 0.25) is 0 Å². The van der Waals surface area contributed by atoms with Crippen molar-refractivity contribution in [3.63, 3.8) is 0 Å². The van der Waals surface area contributed by atoms with Gasteiger partial charge in [-0.25, -0.2) is 4.79 Å². The van der Waals surface area contributed by atoms with Gasteiger partial charge in [0.1, 0.15) is 11.3 Å². The lowest BCUT2D eigenvalue weighted by molar-refractivity contribution is -0.118. The van der Waals surface area contributed by atoms with Gasteiger partial charge in [0, 0.05) is 28.2 Å². The van der Waals surface area contributed by atoms with Crippen LogP contribution in [0.15, 0.2) is 57.7 Å². The van der Waals surface area contributed by atoms with Crippen molar-refractivity contribution in [3.05, 3.63) is 69.5 Å². The third kappa shape index (κ3) is 4.24. The number of amides is 1. The number of fused-ring (bicyclic) bond motifs is 1. The molecule has 3 aromatic rings. The van der Waals surface area contributed by atoms with Gasteiger partial charge in [-0.3, -0.25) is 4.79 Å². The minimum atomic E-state index is -0.406. The summed E-state index contributed by atoms with van der Waals surface area (Å²) in [5.41, 5.74) is 1.55. The molecule has 0 radical (unpaired) electrons. The molecule has 0 fully saturated rings. The van der Waals surface area contributed by atoms with Crippen LogP contribution in [0.1, 0.15) is 25.3 Å². The van der Waals surface area contributed by atoms with Crippen molar-refractivity contribution in [1.29, 1.82) is 0 Å². The van der Waals surface area contributed by atoms with Gasteiger partial charge in [-0.05, 0) is 41.8 Å². The first-order chi connectivity index (χ1) is 12.4. The highest BCUT2D eigenvalue weighted by Crippen LogP contribution is 2.27. The molecule has 0 unspecified atom stereocenters. The Hall–Kier alpha value is -2.79. The van der Waals surface area contributed by atoms with E-state index in [4.69, 9.17) is 20.8 Å². The molecule has 3 rings (SSSR count). The molecule has 0 saturated heterocycles. The summed E-state index contributed by atoms with van der Waals surface area (Å²) in [5, 5.41) is 4.09. The first-order valence-electron chi connectivity index (χ1n) is 8.18. The summed E-state index contributed by atoms with van der Waals surface area (Å²) in [7, 11) is 0. The Morgan fingerprint density at radius 2 is 2.00 bits per heavy atom. The third-order valence-electron chi connectivity index (χ3n) is 3.85. The van der Waals surface area contributed by atoms with Crippen LogP contribution in [0.25, 0.3) is 11.0 Å². The van der Waals surface area contributed by atoms with E-state index in [1.807, 2.05) is 19.9 Å². The number of benzene rings is 2. The number of rotatable bonds is 5. The number of anilines is 1. The van der Waals surface area contributed by atoms with E-state index >= 15 is 0 Å². The van der Waals surface area contributed by atoms with Crippen molar-refractivity contribution in [3.8, 4) is 5.75 Å². The maximum absolute atomic E-state index is 12.0. The molecule has 0 bridgehead atoms. The highest BCUT2D eigenvalue weighted by molar-refractivity contribution is 6.30. The zero-order valence-corrected chi connectivity index (χ0v) is 15.2. The molecule has 2 aromatic carbocycles. The SMILES string of the molecule is CC(C)c1cc(=O)oc2cc(OCC(=O)Nc3cccc(Cl)c3)ccc12. The molecule has 1 amide bonds. The second-order valence-electron chi connectivity index (χ2n) is 6.18. The Balaban J connectivity index is 1.73. The molecule has 1 heterocycles.